The molecule has 0 spiro atoms. The number of carbonyl (C=O) groups excluding carboxylic acids is 2. The van der Waals surface area contributed by atoms with Crippen LogP contribution >= 0.6 is 0 Å². The molecule has 0 radical (unpaired) electrons. The number of methoxy groups -OCH3 is 2. The fourth-order valence-electron chi connectivity index (χ4n) is 4.97. The van der Waals surface area contributed by atoms with Crippen LogP contribution in [0, 0.1) is 18.7 Å². The molecule has 0 unspecified atom stereocenters. The van der Waals surface area contributed by atoms with Gasteiger partial charge in [0.15, 0.2) is 11.6 Å². The van der Waals surface area contributed by atoms with Crippen molar-refractivity contribution in [1.82, 2.24) is 20.2 Å². The van der Waals surface area contributed by atoms with E-state index >= 15 is 0 Å². The molecule has 1 aromatic carbocycles. The summed E-state index contributed by atoms with van der Waals surface area (Å²) < 4.78 is 31.0. The van der Waals surface area contributed by atoms with Gasteiger partial charge in [-0.2, -0.15) is 0 Å². The van der Waals surface area contributed by atoms with Crippen LogP contribution in [0.2, 0.25) is 0 Å². The largest absolute Gasteiger partial charge is 0.494 e. The van der Waals surface area contributed by atoms with Gasteiger partial charge in [-0.1, -0.05) is 0 Å². The van der Waals surface area contributed by atoms with Gasteiger partial charge in [0.05, 0.1) is 24.8 Å². The number of H-pyrrole nitrogens is 1. The van der Waals surface area contributed by atoms with Crippen molar-refractivity contribution in [1.29, 1.82) is 0 Å². The van der Waals surface area contributed by atoms with E-state index in [0.29, 0.717) is 77.6 Å². The minimum atomic E-state index is -0.497. The molecule has 38 heavy (non-hydrogen) atoms. The van der Waals surface area contributed by atoms with Gasteiger partial charge < -0.3 is 29.4 Å². The first kappa shape index (κ1) is 26.0. The number of amides is 2. The van der Waals surface area contributed by atoms with E-state index in [0.717, 1.165) is 12.8 Å². The first-order chi connectivity index (χ1) is 18.4. The minimum Gasteiger partial charge on any atom is -0.494 e. The lowest BCUT2D eigenvalue weighted by Gasteiger charge is -2.32. The fourth-order valence-corrected chi connectivity index (χ4v) is 4.97. The number of halogens is 1. The van der Waals surface area contributed by atoms with Gasteiger partial charge in [0.2, 0.25) is 5.91 Å². The first-order valence-corrected chi connectivity index (χ1v) is 12.9. The zero-order valence-corrected chi connectivity index (χ0v) is 21.9. The average molecular weight is 525 g/mol. The Morgan fingerprint density at radius 2 is 1.89 bits per heavy atom. The van der Waals surface area contributed by atoms with E-state index in [4.69, 9.17) is 14.2 Å². The summed E-state index contributed by atoms with van der Waals surface area (Å²) in [5, 5.41) is 3.11. The molecule has 9 nitrogen and oxygen atoms in total. The van der Waals surface area contributed by atoms with Crippen LogP contribution in [0.25, 0.3) is 22.2 Å². The highest BCUT2D eigenvalue weighted by Crippen LogP contribution is 2.40. The Morgan fingerprint density at radius 1 is 1.13 bits per heavy atom. The molecule has 202 valence electrons. The second-order valence-corrected chi connectivity index (χ2v) is 10.0. The van der Waals surface area contributed by atoms with Gasteiger partial charge in [0, 0.05) is 55.3 Å². The van der Waals surface area contributed by atoms with Gasteiger partial charge in [-0.05, 0) is 50.7 Å². The number of nitrogens with zero attached hydrogens (tertiary/aromatic N) is 2. The quantitative estimate of drug-likeness (QED) is 0.441. The molecule has 2 aromatic heterocycles. The van der Waals surface area contributed by atoms with Crippen molar-refractivity contribution in [2.75, 3.05) is 40.5 Å². The van der Waals surface area contributed by atoms with Crippen LogP contribution in [0.15, 0.2) is 24.4 Å². The van der Waals surface area contributed by atoms with Crippen LogP contribution in [-0.4, -0.2) is 73.2 Å². The standard InChI is InChI=1S/C28H33FN4O5/c1-16-25(28(35)32-18-7-10-33(11-8-18)24(34)15-36-2)27-26(31-16)19(6-9-30-27)20-12-21(29)23(37-3)13-22(20)38-14-17-4-5-17/h6,9,12-13,17-18,31H,4-5,7-8,10-11,14-15H2,1-3H3,(H,32,35). The summed E-state index contributed by atoms with van der Waals surface area (Å²) in [7, 11) is 2.93. The number of aromatic nitrogens is 2. The highest BCUT2D eigenvalue weighted by atomic mass is 19.1. The van der Waals surface area contributed by atoms with Crippen LogP contribution < -0.4 is 14.8 Å². The van der Waals surface area contributed by atoms with Crippen molar-refractivity contribution < 1.29 is 28.2 Å². The third-order valence-corrected chi connectivity index (χ3v) is 7.27. The molecular formula is C28H33FN4O5. The molecule has 3 aromatic rings. The summed E-state index contributed by atoms with van der Waals surface area (Å²) in [6, 6.07) is 4.72. The Morgan fingerprint density at radius 3 is 2.58 bits per heavy atom. The third-order valence-electron chi connectivity index (χ3n) is 7.27. The van der Waals surface area contributed by atoms with Crippen LogP contribution in [0.4, 0.5) is 4.39 Å². The summed E-state index contributed by atoms with van der Waals surface area (Å²) in [4.78, 5) is 35.0. The second-order valence-electron chi connectivity index (χ2n) is 10.0. The number of benzene rings is 1. The number of aryl methyl sites for hydroxylation is 1. The summed E-state index contributed by atoms with van der Waals surface area (Å²) in [5.74, 6) is 0.383. The van der Waals surface area contributed by atoms with Crippen LogP contribution in [0.5, 0.6) is 11.5 Å². The SMILES string of the molecule is COCC(=O)N1CCC(NC(=O)c2c(C)[nH]c3c(-c4cc(F)c(OC)cc4OCC4CC4)ccnc23)CC1. The third kappa shape index (κ3) is 5.31. The van der Waals surface area contributed by atoms with Crippen molar-refractivity contribution in [2.24, 2.45) is 5.92 Å². The van der Waals surface area contributed by atoms with Crippen molar-refractivity contribution in [3.8, 4) is 22.6 Å². The predicted octanol–water partition coefficient (Wildman–Crippen LogP) is 3.84. The molecule has 2 fully saturated rings. The Balaban J connectivity index is 1.41. The average Bonchev–Trinajstić information content (AvgIpc) is 3.67. The van der Waals surface area contributed by atoms with Gasteiger partial charge in [0.1, 0.15) is 17.9 Å². The molecule has 1 saturated heterocycles. The Hall–Kier alpha value is -3.66. The zero-order chi connectivity index (χ0) is 26.8. The second kappa shape index (κ2) is 11.0. The zero-order valence-electron chi connectivity index (χ0n) is 21.9. The molecule has 1 aliphatic heterocycles. The number of fused-ring (bicyclic) bond motifs is 1. The van der Waals surface area contributed by atoms with Gasteiger partial charge >= 0.3 is 0 Å². The van der Waals surface area contributed by atoms with Crippen LogP contribution in [0.1, 0.15) is 41.7 Å². The predicted molar refractivity (Wildman–Crippen MR) is 140 cm³/mol. The van der Waals surface area contributed by atoms with E-state index in [1.54, 1.807) is 23.2 Å². The van der Waals surface area contributed by atoms with E-state index in [2.05, 4.69) is 15.3 Å². The molecular weight excluding hydrogens is 491 g/mol. The lowest BCUT2D eigenvalue weighted by molar-refractivity contribution is -0.136. The van der Waals surface area contributed by atoms with Crippen molar-refractivity contribution >= 4 is 22.8 Å². The van der Waals surface area contributed by atoms with Gasteiger partial charge in [-0.3, -0.25) is 14.6 Å². The lowest BCUT2D eigenvalue weighted by Crippen LogP contribution is -2.47. The number of ether oxygens (including phenoxy) is 3. The molecule has 0 bridgehead atoms. The maximum absolute atomic E-state index is 14.8. The Labute approximate surface area is 220 Å². The van der Waals surface area contributed by atoms with Crippen molar-refractivity contribution in [3.63, 3.8) is 0 Å². The van der Waals surface area contributed by atoms with Gasteiger partial charge in [-0.25, -0.2) is 4.39 Å². The number of carbonyl (C=O) groups is 2. The topological polar surface area (TPSA) is 106 Å². The molecule has 2 amide bonds. The van der Waals surface area contributed by atoms with Crippen molar-refractivity contribution in [2.45, 2.75) is 38.6 Å². The number of hydrogen-bond donors (Lipinski definition) is 2. The summed E-state index contributed by atoms with van der Waals surface area (Å²) in [6.45, 7) is 3.57. The maximum atomic E-state index is 14.8. The number of piperidine rings is 1. The summed E-state index contributed by atoms with van der Waals surface area (Å²) >= 11 is 0. The van der Waals surface area contributed by atoms with E-state index in [9.17, 15) is 14.0 Å². The summed E-state index contributed by atoms with van der Waals surface area (Å²) in [5.41, 5.74) is 3.52. The highest BCUT2D eigenvalue weighted by Gasteiger charge is 2.28. The fraction of sp³-hybridized carbons (Fsp3) is 0.464. The normalized spacial score (nSPS) is 16.1. The Kier molecular flexibility index (Phi) is 7.51. The van der Waals surface area contributed by atoms with E-state index in [1.165, 1.54) is 20.3 Å². The van der Waals surface area contributed by atoms with E-state index in [1.807, 2.05) is 6.92 Å². The van der Waals surface area contributed by atoms with Gasteiger partial charge in [0.25, 0.3) is 5.91 Å². The molecule has 10 heteroatoms. The summed E-state index contributed by atoms with van der Waals surface area (Å²) in [6.07, 6.45) is 5.20. The maximum Gasteiger partial charge on any atom is 0.255 e. The highest BCUT2D eigenvalue weighted by molar-refractivity contribution is 6.09. The monoisotopic (exact) mass is 524 g/mol. The molecule has 0 atom stereocenters. The first-order valence-electron chi connectivity index (χ1n) is 12.9. The molecule has 5 rings (SSSR count). The van der Waals surface area contributed by atoms with E-state index < -0.39 is 5.82 Å². The number of likely N-dealkylation sites (tertiary alicyclic amines) is 1. The number of nitrogens with one attached hydrogen (secondary N) is 2. The van der Waals surface area contributed by atoms with Crippen LogP contribution in [0.3, 0.4) is 0 Å². The molecule has 2 aliphatic rings. The van der Waals surface area contributed by atoms with Crippen LogP contribution in [-0.2, 0) is 9.53 Å². The molecule has 1 aliphatic carbocycles. The molecule has 1 saturated carbocycles. The lowest BCUT2D eigenvalue weighted by atomic mass is 10.0. The number of hydrogen-bond acceptors (Lipinski definition) is 6. The molecule has 3 heterocycles. The number of pyridine rings is 1. The smallest absolute Gasteiger partial charge is 0.255 e. The van der Waals surface area contributed by atoms with E-state index in [-0.39, 0.29) is 30.2 Å². The minimum absolute atomic E-state index is 0.0445. The number of rotatable bonds is 9. The van der Waals surface area contributed by atoms with Gasteiger partial charge in [-0.15, -0.1) is 0 Å². The Bertz CT molecular complexity index is 1340. The number of aromatic amines is 1. The molecule has 2 N–H and O–H groups in total. The van der Waals surface area contributed by atoms with Crippen molar-refractivity contribution in [3.05, 3.63) is 41.5 Å².